The third kappa shape index (κ3) is 5.93. The van der Waals surface area contributed by atoms with Gasteiger partial charge in [-0.3, -0.25) is 4.79 Å². The summed E-state index contributed by atoms with van der Waals surface area (Å²) in [5.74, 6) is -0.813. The van der Waals surface area contributed by atoms with Crippen molar-refractivity contribution in [3.05, 3.63) is 11.8 Å². The number of hydrogen-bond donors (Lipinski definition) is 5. The van der Waals surface area contributed by atoms with Crippen LogP contribution in [0, 0.1) is 0 Å². The highest BCUT2D eigenvalue weighted by Gasteiger charge is 2.27. The number of nitrogens with one attached hydrogen (secondary N) is 2. The summed E-state index contributed by atoms with van der Waals surface area (Å²) >= 11 is 0. The van der Waals surface area contributed by atoms with Crippen LogP contribution < -0.4 is 22.1 Å². The molecule has 0 spiro atoms. The zero-order valence-corrected chi connectivity index (χ0v) is 14.7. The van der Waals surface area contributed by atoms with E-state index >= 15 is 0 Å². The highest BCUT2D eigenvalue weighted by atomic mass is 16.4. The van der Waals surface area contributed by atoms with Crippen LogP contribution >= 0.6 is 0 Å². The second-order valence-corrected chi connectivity index (χ2v) is 6.21. The van der Waals surface area contributed by atoms with Gasteiger partial charge in [0.2, 0.25) is 11.8 Å². The number of unbranched alkanes of at least 4 members (excludes halogenated alkanes) is 1. The quantitative estimate of drug-likeness (QED) is 0.354. The smallest absolute Gasteiger partial charge is 0.318 e. The van der Waals surface area contributed by atoms with E-state index in [0.29, 0.717) is 39.1 Å². The number of carbonyl (C=O) groups is 2. The van der Waals surface area contributed by atoms with Gasteiger partial charge in [-0.05, 0) is 19.4 Å². The Balaban J connectivity index is 2.01. The average molecular weight is 369 g/mol. The Morgan fingerprint density at radius 3 is 2.62 bits per heavy atom. The van der Waals surface area contributed by atoms with Crippen molar-refractivity contribution in [1.29, 1.82) is 0 Å². The molecule has 0 aliphatic carbocycles. The van der Waals surface area contributed by atoms with Crippen LogP contribution in [0.4, 0.5) is 4.79 Å². The lowest BCUT2D eigenvalue weighted by Gasteiger charge is -2.28. The Hall–Kier alpha value is -2.24. The van der Waals surface area contributed by atoms with Gasteiger partial charge in [0.05, 0.1) is 12.5 Å². The molecule has 1 saturated heterocycles. The van der Waals surface area contributed by atoms with E-state index < -0.39 is 18.1 Å². The minimum absolute atomic E-state index is 0.0418. The lowest BCUT2D eigenvalue weighted by Crippen LogP contribution is -2.51. The molecule has 1 aromatic heterocycles. The fourth-order valence-electron chi connectivity index (χ4n) is 2.65. The zero-order valence-electron chi connectivity index (χ0n) is 14.7. The molecule has 2 heterocycles. The van der Waals surface area contributed by atoms with Crippen molar-refractivity contribution in [2.24, 2.45) is 11.5 Å². The van der Waals surface area contributed by atoms with Crippen molar-refractivity contribution in [2.75, 3.05) is 32.7 Å². The number of nitrogens with zero attached hydrogens (tertiary/aromatic N) is 3. The van der Waals surface area contributed by atoms with E-state index in [2.05, 4.69) is 20.8 Å². The minimum atomic E-state index is -1.08. The van der Waals surface area contributed by atoms with Gasteiger partial charge in [-0.15, -0.1) is 10.2 Å². The van der Waals surface area contributed by atoms with Gasteiger partial charge in [0.1, 0.15) is 6.04 Å². The van der Waals surface area contributed by atoms with E-state index in [1.54, 1.807) is 4.90 Å². The standard InChI is InChI=1S/C15H27N7O4/c16-4-2-1-3-10(17)13-20-21-14(26-13)11(9-12(23)24)19-15(25)22-7-5-18-6-8-22/h10-11,18H,1-9,16-17H2,(H,19,25)(H,23,24)/t10-,11-/m0/s1. The first-order valence-electron chi connectivity index (χ1n) is 8.78. The highest BCUT2D eigenvalue weighted by Crippen LogP contribution is 2.21. The molecule has 26 heavy (non-hydrogen) atoms. The number of carboxylic acid groups (broad SMARTS) is 1. The molecule has 2 atom stereocenters. The van der Waals surface area contributed by atoms with E-state index in [1.807, 2.05) is 0 Å². The van der Waals surface area contributed by atoms with Crippen LogP contribution in [0.2, 0.25) is 0 Å². The van der Waals surface area contributed by atoms with E-state index in [1.165, 1.54) is 0 Å². The molecule has 1 aliphatic heterocycles. The van der Waals surface area contributed by atoms with Crippen molar-refractivity contribution in [3.63, 3.8) is 0 Å². The van der Waals surface area contributed by atoms with Gasteiger partial charge in [-0.1, -0.05) is 6.42 Å². The number of hydrogen-bond acceptors (Lipinski definition) is 8. The summed E-state index contributed by atoms with van der Waals surface area (Å²) in [6, 6.07) is -1.71. The summed E-state index contributed by atoms with van der Waals surface area (Å²) in [6.45, 7) is 3.07. The number of aliphatic carboxylic acids is 1. The molecule has 146 valence electrons. The number of rotatable bonds is 9. The van der Waals surface area contributed by atoms with Crippen LogP contribution in [0.5, 0.6) is 0 Å². The second-order valence-electron chi connectivity index (χ2n) is 6.21. The fraction of sp³-hybridized carbons (Fsp3) is 0.733. The van der Waals surface area contributed by atoms with Crippen LogP contribution in [-0.2, 0) is 4.79 Å². The van der Waals surface area contributed by atoms with Gasteiger partial charge in [-0.25, -0.2) is 4.79 Å². The van der Waals surface area contributed by atoms with Crippen LogP contribution in [0.1, 0.15) is 49.5 Å². The summed E-state index contributed by atoms with van der Waals surface area (Å²) in [5, 5.41) is 22.7. The van der Waals surface area contributed by atoms with Crippen molar-refractivity contribution < 1.29 is 19.1 Å². The van der Waals surface area contributed by atoms with E-state index in [4.69, 9.17) is 21.0 Å². The van der Waals surface area contributed by atoms with Crippen LogP contribution in [0.25, 0.3) is 0 Å². The molecular weight excluding hydrogens is 342 g/mol. The van der Waals surface area contributed by atoms with Gasteiger partial charge in [0, 0.05) is 26.2 Å². The van der Waals surface area contributed by atoms with Crippen molar-refractivity contribution in [2.45, 2.75) is 37.8 Å². The summed E-state index contributed by atoms with van der Waals surface area (Å²) in [4.78, 5) is 25.1. The van der Waals surface area contributed by atoms with Gasteiger partial charge >= 0.3 is 12.0 Å². The average Bonchev–Trinajstić information content (AvgIpc) is 3.12. The lowest BCUT2D eigenvalue weighted by molar-refractivity contribution is -0.137. The maximum Gasteiger partial charge on any atom is 0.318 e. The number of amides is 2. The SMILES string of the molecule is NCCCC[C@H](N)c1nnc([C@H](CC(=O)O)NC(=O)N2CCNCC2)o1. The number of nitrogens with two attached hydrogens (primary N) is 2. The van der Waals surface area contributed by atoms with Crippen LogP contribution in [-0.4, -0.2) is 64.9 Å². The molecule has 2 amide bonds. The predicted octanol–water partition coefficient (Wildman–Crippen LogP) is -0.671. The predicted molar refractivity (Wildman–Crippen MR) is 92.1 cm³/mol. The van der Waals surface area contributed by atoms with E-state index in [9.17, 15) is 9.59 Å². The molecule has 11 heteroatoms. The molecular formula is C15H27N7O4. The Bertz CT molecular complexity index is 588. The summed E-state index contributed by atoms with van der Waals surface area (Å²) in [7, 11) is 0. The van der Waals surface area contributed by atoms with Crippen molar-refractivity contribution >= 4 is 12.0 Å². The molecule has 1 aliphatic rings. The maximum atomic E-state index is 12.3. The highest BCUT2D eigenvalue weighted by molar-refractivity contribution is 5.76. The van der Waals surface area contributed by atoms with Gasteiger partial charge < -0.3 is 36.5 Å². The van der Waals surface area contributed by atoms with Gasteiger partial charge in [0.15, 0.2) is 0 Å². The lowest BCUT2D eigenvalue weighted by atomic mass is 10.1. The third-order valence-corrected chi connectivity index (χ3v) is 4.12. The van der Waals surface area contributed by atoms with Crippen LogP contribution in [0.15, 0.2) is 4.42 Å². The molecule has 0 saturated carbocycles. The summed E-state index contributed by atoms with van der Waals surface area (Å²) in [5.41, 5.74) is 11.5. The molecule has 1 fully saturated rings. The number of aromatic nitrogens is 2. The Morgan fingerprint density at radius 2 is 1.96 bits per heavy atom. The summed E-state index contributed by atoms with van der Waals surface area (Å²) in [6.07, 6.45) is 1.95. The Morgan fingerprint density at radius 1 is 1.27 bits per heavy atom. The molecule has 0 aromatic carbocycles. The first kappa shape index (κ1) is 20.1. The second kappa shape index (κ2) is 10.0. The van der Waals surface area contributed by atoms with E-state index in [-0.39, 0.29) is 24.2 Å². The van der Waals surface area contributed by atoms with Crippen molar-refractivity contribution in [1.82, 2.24) is 25.7 Å². The minimum Gasteiger partial charge on any atom is -0.481 e. The number of carbonyl (C=O) groups excluding carboxylic acids is 1. The molecule has 0 radical (unpaired) electrons. The first-order valence-corrected chi connectivity index (χ1v) is 8.78. The fourth-order valence-corrected chi connectivity index (χ4v) is 2.65. The first-order chi connectivity index (χ1) is 12.5. The zero-order chi connectivity index (χ0) is 18.9. The number of piperazine rings is 1. The molecule has 2 rings (SSSR count). The van der Waals surface area contributed by atoms with Gasteiger partial charge in [0.25, 0.3) is 0 Å². The Kier molecular flexibility index (Phi) is 7.75. The van der Waals surface area contributed by atoms with Crippen LogP contribution in [0.3, 0.4) is 0 Å². The molecule has 11 nitrogen and oxygen atoms in total. The monoisotopic (exact) mass is 369 g/mol. The third-order valence-electron chi connectivity index (χ3n) is 4.12. The molecule has 0 bridgehead atoms. The topological polar surface area (TPSA) is 173 Å². The largest absolute Gasteiger partial charge is 0.481 e. The number of urea groups is 1. The summed E-state index contributed by atoms with van der Waals surface area (Å²) < 4.78 is 5.54. The number of carboxylic acids is 1. The molecule has 1 aromatic rings. The maximum absolute atomic E-state index is 12.3. The molecule has 7 N–H and O–H groups in total. The van der Waals surface area contributed by atoms with E-state index in [0.717, 1.165) is 12.8 Å². The van der Waals surface area contributed by atoms with Crippen molar-refractivity contribution in [3.8, 4) is 0 Å². The van der Waals surface area contributed by atoms with Gasteiger partial charge in [-0.2, -0.15) is 0 Å². The normalized spacial score (nSPS) is 16.9. The Labute approximate surface area is 151 Å². The molecule has 0 unspecified atom stereocenters.